The van der Waals surface area contributed by atoms with Crippen LogP contribution in [0.15, 0.2) is 24.3 Å². The Hall–Kier alpha value is -0.590. The summed E-state index contributed by atoms with van der Waals surface area (Å²) in [6.45, 7) is 9.10. The second kappa shape index (κ2) is 4.26. The van der Waals surface area contributed by atoms with Crippen LogP contribution in [0, 0.1) is 5.92 Å². The lowest BCUT2D eigenvalue weighted by Gasteiger charge is -2.06. The summed E-state index contributed by atoms with van der Waals surface area (Å²) in [6.07, 6.45) is 2.42. The molecule has 0 heterocycles. The van der Waals surface area contributed by atoms with Gasteiger partial charge >= 0.3 is 0 Å². The lowest BCUT2D eigenvalue weighted by molar-refractivity contribution is 0.313. The van der Waals surface area contributed by atoms with E-state index in [9.17, 15) is 4.39 Å². The van der Waals surface area contributed by atoms with Crippen molar-refractivity contribution in [2.45, 2.75) is 26.9 Å². The molecule has 0 aliphatic carbocycles. The molecule has 0 saturated heterocycles. The second-order valence-corrected chi connectivity index (χ2v) is 2.80. The standard InChI is InChI=1S/C9H15F/c1-5-8(4)6-9(10)7(2)3/h5-7,9H,1H2,2-4H3/b8-6-/t9-/m1/s1. The van der Waals surface area contributed by atoms with Gasteiger partial charge in [0.15, 0.2) is 0 Å². The maximum Gasteiger partial charge on any atom is 0.121 e. The number of halogens is 1. The van der Waals surface area contributed by atoms with Crippen molar-refractivity contribution in [1.82, 2.24) is 0 Å². The molecule has 0 unspecified atom stereocenters. The van der Waals surface area contributed by atoms with E-state index in [2.05, 4.69) is 6.58 Å². The second-order valence-electron chi connectivity index (χ2n) is 2.80. The molecule has 0 aliphatic rings. The number of allylic oxidation sites excluding steroid dienone is 3. The van der Waals surface area contributed by atoms with Crippen molar-refractivity contribution in [3.05, 3.63) is 24.3 Å². The first kappa shape index (κ1) is 9.41. The summed E-state index contributed by atoms with van der Waals surface area (Å²) in [5, 5.41) is 0. The molecule has 1 heteroatoms. The SMILES string of the molecule is C=C/C(C)=C\[C@@H](F)C(C)C. The summed E-state index contributed by atoms with van der Waals surface area (Å²) >= 11 is 0. The van der Waals surface area contributed by atoms with Gasteiger partial charge in [-0.15, -0.1) is 0 Å². The van der Waals surface area contributed by atoms with Crippen LogP contribution < -0.4 is 0 Å². The maximum absolute atomic E-state index is 12.8. The number of hydrogen-bond donors (Lipinski definition) is 0. The predicted molar refractivity (Wildman–Crippen MR) is 43.7 cm³/mol. The molecule has 1 atom stereocenters. The molecule has 0 aromatic carbocycles. The highest BCUT2D eigenvalue weighted by atomic mass is 19.1. The van der Waals surface area contributed by atoms with Crippen molar-refractivity contribution < 1.29 is 4.39 Å². The summed E-state index contributed by atoms with van der Waals surface area (Å²) < 4.78 is 12.8. The lowest BCUT2D eigenvalue weighted by Crippen LogP contribution is -2.05. The van der Waals surface area contributed by atoms with Gasteiger partial charge in [0.1, 0.15) is 6.17 Å². The molecule has 0 fully saturated rings. The van der Waals surface area contributed by atoms with Crippen LogP contribution in [0.3, 0.4) is 0 Å². The van der Waals surface area contributed by atoms with Crippen molar-refractivity contribution in [3.63, 3.8) is 0 Å². The summed E-state index contributed by atoms with van der Waals surface area (Å²) in [5.41, 5.74) is 0.904. The Morgan fingerprint density at radius 1 is 1.50 bits per heavy atom. The van der Waals surface area contributed by atoms with Gasteiger partial charge in [-0.1, -0.05) is 32.1 Å². The molecule has 0 amide bonds. The number of alkyl halides is 1. The average Bonchev–Trinajstić information content (AvgIpc) is 1.87. The average molecular weight is 142 g/mol. The van der Waals surface area contributed by atoms with Gasteiger partial charge in [0.05, 0.1) is 0 Å². The fourth-order valence-electron chi connectivity index (χ4n) is 0.512. The van der Waals surface area contributed by atoms with Gasteiger partial charge in [-0.2, -0.15) is 0 Å². The molecule has 0 nitrogen and oxygen atoms in total. The largest absolute Gasteiger partial charge is 0.243 e. The van der Waals surface area contributed by atoms with E-state index in [1.165, 1.54) is 0 Å². The van der Waals surface area contributed by atoms with Crippen molar-refractivity contribution in [2.75, 3.05) is 0 Å². The molecule has 0 rings (SSSR count). The first-order chi connectivity index (χ1) is 4.57. The third-order valence-corrected chi connectivity index (χ3v) is 1.38. The molecule has 0 saturated carbocycles. The van der Waals surface area contributed by atoms with Crippen LogP contribution in [0.25, 0.3) is 0 Å². The third-order valence-electron chi connectivity index (χ3n) is 1.38. The number of rotatable bonds is 3. The first-order valence-corrected chi connectivity index (χ1v) is 3.53. The van der Waals surface area contributed by atoms with Crippen LogP contribution in [-0.2, 0) is 0 Å². The van der Waals surface area contributed by atoms with E-state index in [4.69, 9.17) is 0 Å². The zero-order valence-corrected chi connectivity index (χ0v) is 6.89. The third kappa shape index (κ3) is 3.44. The highest BCUT2D eigenvalue weighted by molar-refractivity contribution is 5.14. The zero-order chi connectivity index (χ0) is 8.15. The Labute approximate surface area is 62.4 Å². The van der Waals surface area contributed by atoms with Gasteiger partial charge in [0.2, 0.25) is 0 Å². The molecule has 0 aromatic rings. The lowest BCUT2D eigenvalue weighted by atomic mass is 10.1. The minimum atomic E-state index is -0.835. The molecule has 0 spiro atoms. The Bertz CT molecular complexity index is 134. The van der Waals surface area contributed by atoms with Crippen molar-refractivity contribution >= 4 is 0 Å². The molecule has 0 N–H and O–H groups in total. The van der Waals surface area contributed by atoms with E-state index >= 15 is 0 Å². The van der Waals surface area contributed by atoms with Gasteiger partial charge in [-0.25, -0.2) is 4.39 Å². The quantitative estimate of drug-likeness (QED) is 0.531. The van der Waals surface area contributed by atoms with Gasteiger partial charge in [-0.3, -0.25) is 0 Å². The predicted octanol–water partition coefficient (Wildman–Crippen LogP) is 3.11. The summed E-state index contributed by atoms with van der Waals surface area (Å²) in [7, 11) is 0. The summed E-state index contributed by atoms with van der Waals surface area (Å²) in [6, 6.07) is 0. The molecule has 0 aromatic heterocycles. The van der Waals surface area contributed by atoms with E-state index in [-0.39, 0.29) is 5.92 Å². The number of hydrogen-bond acceptors (Lipinski definition) is 0. The molecule has 58 valence electrons. The van der Waals surface area contributed by atoms with Crippen molar-refractivity contribution in [3.8, 4) is 0 Å². The smallest absolute Gasteiger partial charge is 0.121 e. The van der Waals surface area contributed by atoms with E-state index in [1.807, 2.05) is 20.8 Å². The minimum absolute atomic E-state index is 0.0647. The monoisotopic (exact) mass is 142 g/mol. The van der Waals surface area contributed by atoms with Gasteiger partial charge in [0, 0.05) is 0 Å². The van der Waals surface area contributed by atoms with E-state index in [1.54, 1.807) is 12.2 Å². The van der Waals surface area contributed by atoms with Gasteiger partial charge < -0.3 is 0 Å². The fraction of sp³-hybridized carbons (Fsp3) is 0.556. The van der Waals surface area contributed by atoms with Crippen LogP contribution in [0.5, 0.6) is 0 Å². The Kier molecular flexibility index (Phi) is 4.01. The minimum Gasteiger partial charge on any atom is -0.243 e. The summed E-state index contributed by atoms with van der Waals surface area (Å²) in [5.74, 6) is 0.0647. The van der Waals surface area contributed by atoms with Crippen LogP contribution in [-0.4, -0.2) is 6.17 Å². The highest BCUT2D eigenvalue weighted by Gasteiger charge is 2.06. The van der Waals surface area contributed by atoms with E-state index in [0.29, 0.717) is 0 Å². The van der Waals surface area contributed by atoms with Crippen LogP contribution >= 0.6 is 0 Å². The molecule has 10 heavy (non-hydrogen) atoms. The Morgan fingerprint density at radius 2 is 2.00 bits per heavy atom. The Morgan fingerprint density at radius 3 is 2.30 bits per heavy atom. The summed E-state index contributed by atoms with van der Waals surface area (Å²) in [4.78, 5) is 0. The van der Waals surface area contributed by atoms with E-state index in [0.717, 1.165) is 5.57 Å². The van der Waals surface area contributed by atoms with Crippen LogP contribution in [0.1, 0.15) is 20.8 Å². The molecule has 0 radical (unpaired) electrons. The topological polar surface area (TPSA) is 0 Å². The van der Waals surface area contributed by atoms with Gasteiger partial charge in [-0.05, 0) is 18.9 Å². The highest BCUT2D eigenvalue weighted by Crippen LogP contribution is 2.09. The van der Waals surface area contributed by atoms with E-state index < -0.39 is 6.17 Å². The zero-order valence-electron chi connectivity index (χ0n) is 6.89. The van der Waals surface area contributed by atoms with Gasteiger partial charge in [0.25, 0.3) is 0 Å². The molecular formula is C9H15F. The molecule has 0 bridgehead atoms. The molecule has 0 aliphatic heterocycles. The van der Waals surface area contributed by atoms with Crippen LogP contribution in [0.4, 0.5) is 4.39 Å². The normalized spacial score (nSPS) is 15.5. The molecular weight excluding hydrogens is 127 g/mol. The van der Waals surface area contributed by atoms with Crippen molar-refractivity contribution in [2.24, 2.45) is 5.92 Å². The fourth-order valence-corrected chi connectivity index (χ4v) is 0.512. The van der Waals surface area contributed by atoms with Crippen LogP contribution in [0.2, 0.25) is 0 Å². The first-order valence-electron chi connectivity index (χ1n) is 3.53. The van der Waals surface area contributed by atoms with Crippen molar-refractivity contribution in [1.29, 1.82) is 0 Å². The maximum atomic E-state index is 12.8. The Balaban J connectivity index is 3.98.